The van der Waals surface area contributed by atoms with E-state index >= 15 is 0 Å². The van der Waals surface area contributed by atoms with Gasteiger partial charge in [0, 0.05) is 0 Å². The van der Waals surface area contributed by atoms with E-state index in [9.17, 15) is 9.46 Å². The Morgan fingerprint density at radius 2 is 2.05 bits per heavy atom. The second kappa shape index (κ2) is 11.8. The van der Waals surface area contributed by atoms with Crippen molar-refractivity contribution in [3.63, 3.8) is 0 Å². The smallest absolute Gasteiger partial charge is 0.268 e. The molecule has 5 heteroatoms. The second-order valence-corrected chi connectivity index (χ2v) is 4.77. The molecule has 0 N–H and O–H groups in total. The molecule has 2 unspecified atom stereocenters. The van der Waals surface area contributed by atoms with Gasteiger partial charge in [-0.15, -0.1) is 0 Å². The molecule has 4 nitrogen and oxygen atoms in total. The summed E-state index contributed by atoms with van der Waals surface area (Å²) in [6, 6.07) is -0.258. The highest BCUT2D eigenvalue weighted by atomic mass is 31.2. The van der Waals surface area contributed by atoms with Crippen LogP contribution in [-0.4, -0.2) is 12.7 Å². The van der Waals surface area contributed by atoms with Gasteiger partial charge in [-0.05, 0) is 54.6 Å². The van der Waals surface area contributed by atoms with E-state index in [4.69, 9.17) is 5.89 Å². The summed E-state index contributed by atoms with van der Waals surface area (Å²) in [4.78, 5) is 11.6. The van der Waals surface area contributed by atoms with E-state index in [0.717, 1.165) is 0 Å². The first-order valence-electron chi connectivity index (χ1n) is 6.60. The molecule has 0 spiro atoms. The van der Waals surface area contributed by atoms with Crippen LogP contribution in [0, 0.1) is 0 Å². The molecule has 0 aromatic rings. The highest BCUT2D eigenvalue weighted by Gasteiger charge is 2.13. The van der Waals surface area contributed by atoms with E-state index in [-0.39, 0.29) is 12.7 Å². The van der Waals surface area contributed by atoms with Crippen LogP contribution >= 0.6 is 7.82 Å². The Morgan fingerprint density at radius 3 is 2.67 bits per heavy atom. The zero-order valence-corrected chi connectivity index (χ0v) is 12.8. The monoisotopic (exact) mass is 305 g/mol. The van der Waals surface area contributed by atoms with Crippen LogP contribution in [-0.2, 0) is 13.6 Å². The molecule has 0 radical (unpaired) electrons. The zero-order chi connectivity index (χ0) is 16.8. The minimum Gasteiger partial charge on any atom is -0.756 e. The van der Waals surface area contributed by atoms with Gasteiger partial charge in [0.15, 0.2) is 0 Å². The molecular weight excluding hydrogens is 287 g/mol. The lowest BCUT2D eigenvalue weighted by Gasteiger charge is -2.24. The summed E-state index contributed by atoms with van der Waals surface area (Å²) in [5, 5.41) is 0. The van der Waals surface area contributed by atoms with Gasteiger partial charge in [-0.1, -0.05) is 30.5 Å². The van der Waals surface area contributed by atoms with Gasteiger partial charge in [-0.2, -0.15) is 0 Å². The van der Waals surface area contributed by atoms with E-state index in [2.05, 4.69) is 51.2 Å². The highest BCUT2D eigenvalue weighted by Crippen LogP contribution is 2.40. The van der Waals surface area contributed by atoms with Gasteiger partial charge in [-0.3, -0.25) is 4.57 Å². The van der Waals surface area contributed by atoms with Crippen molar-refractivity contribution in [2.45, 2.75) is 26.4 Å². The van der Waals surface area contributed by atoms with Gasteiger partial charge in [0.1, 0.15) is 6.10 Å². The summed E-state index contributed by atoms with van der Waals surface area (Å²) in [7, 11) is -4.49. The predicted molar refractivity (Wildman–Crippen MR) is 78.3 cm³/mol. The van der Waals surface area contributed by atoms with Crippen LogP contribution in [0.3, 0.4) is 0 Å². The van der Waals surface area contributed by atoms with Gasteiger partial charge in [0.2, 0.25) is 0 Å². The van der Waals surface area contributed by atoms with E-state index in [0.29, 0.717) is 6.42 Å². The number of hydrogen-bond acceptors (Lipinski definition) is 4. The van der Waals surface area contributed by atoms with Crippen LogP contribution in [0.1, 0.15) is 21.6 Å². The number of hydrogen-bond donors (Lipinski definition) is 0. The van der Waals surface area contributed by atoms with E-state index in [1.165, 1.54) is 6.08 Å². The average molecular weight is 305 g/mol. The van der Waals surface area contributed by atoms with Crippen LogP contribution in [0.25, 0.3) is 0 Å². The normalized spacial score (nSPS) is 14.0. The first-order chi connectivity index (χ1) is 10.5. The summed E-state index contributed by atoms with van der Waals surface area (Å²) < 4.78 is 28.7. The van der Waals surface area contributed by atoms with Gasteiger partial charge in [0.25, 0.3) is 7.82 Å². The SMILES string of the molecule is [3H]C(=C=C=C=C=C=C=C=C)C(/C=C/C)OP(=O)([O-])OCCC. The lowest BCUT2D eigenvalue weighted by atomic mass is 10.3. The summed E-state index contributed by atoms with van der Waals surface area (Å²) in [6.07, 6.45) is 2.32. The molecule has 0 aromatic heterocycles. The lowest BCUT2D eigenvalue weighted by Crippen LogP contribution is -2.14. The van der Waals surface area contributed by atoms with Crippen LogP contribution in [0.5, 0.6) is 0 Å². The largest absolute Gasteiger partial charge is 0.756 e. The standard InChI is InChI=1S/C16H17O4P/c1-4-7-8-9-10-11-12-14-16(13-5-2)20-21(17,18)19-15-6-3/h5,13-14,16H,1,6,15H2,2-3H3,(H,17,18)/p-1/b13-5+/i14T. The molecule has 0 saturated carbocycles. The Balaban J connectivity index is 5.47. The third-order valence-corrected chi connectivity index (χ3v) is 2.66. The third-order valence-electron chi connectivity index (χ3n) is 1.68. The number of phosphoric ester groups is 1. The van der Waals surface area contributed by atoms with E-state index in [1.54, 1.807) is 19.9 Å². The first kappa shape index (κ1) is 17.1. The maximum Gasteiger partial charge on any atom is 0.268 e. The maximum atomic E-state index is 11.6. The first-order valence-corrected chi connectivity index (χ1v) is 7.56. The van der Waals surface area contributed by atoms with Crippen LogP contribution in [0.4, 0.5) is 0 Å². The lowest BCUT2D eigenvalue weighted by molar-refractivity contribution is -0.226. The molecule has 0 fully saturated rings. The molecule has 0 bridgehead atoms. The van der Waals surface area contributed by atoms with Crippen LogP contribution < -0.4 is 4.89 Å². The Morgan fingerprint density at radius 1 is 1.38 bits per heavy atom. The third kappa shape index (κ3) is 11.6. The molecule has 0 aliphatic carbocycles. The minimum absolute atomic E-state index is 0.0206. The molecule has 0 heterocycles. The molecule has 21 heavy (non-hydrogen) atoms. The average Bonchev–Trinajstić information content (AvgIpc) is 2.48. The summed E-state index contributed by atoms with van der Waals surface area (Å²) in [6.45, 7) is 6.73. The molecule has 110 valence electrons. The van der Waals surface area contributed by atoms with Gasteiger partial charge in [0.05, 0.1) is 7.98 Å². The minimum atomic E-state index is -4.49. The molecular formula is C16H16O4P-. The van der Waals surface area contributed by atoms with Crippen LogP contribution in [0.15, 0.2) is 64.9 Å². The molecule has 0 aromatic carbocycles. The Labute approximate surface area is 126 Å². The fourth-order valence-electron chi connectivity index (χ4n) is 0.933. The fraction of sp³-hybridized carbons (Fsp3) is 0.312. The fourth-order valence-corrected chi connectivity index (χ4v) is 1.80. The van der Waals surface area contributed by atoms with Crippen molar-refractivity contribution in [1.29, 1.82) is 0 Å². The second-order valence-electron chi connectivity index (χ2n) is 3.40. The molecule has 0 saturated heterocycles. The van der Waals surface area contributed by atoms with Crippen molar-refractivity contribution >= 4 is 7.82 Å². The molecule has 2 atom stereocenters. The summed E-state index contributed by atoms with van der Waals surface area (Å²) in [5.74, 6) is 0. The number of rotatable bonds is 7. The van der Waals surface area contributed by atoms with Crippen LogP contribution in [0.2, 0.25) is 0 Å². The van der Waals surface area contributed by atoms with Gasteiger partial charge in [-0.25, -0.2) is 0 Å². The van der Waals surface area contributed by atoms with Gasteiger partial charge < -0.3 is 13.9 Å². The Kier molecular flexibility index (Phi) is 9.64. The molecule has 0 aliphatic rings. The van der Waals surface area contributed by atoms with Crippen molar-refractivity contribution in [3.8, 4) is 0 Å². The van der Waals surface area contributed by atoms with Crippen molar-refractivity contribution < 1.29 is 19.9 Å². The summed E-state index contributed by atoms with van der Waals surface area (Å²) >= 11 is 0. The van der Waals surface area contributed by atoms with Crippen molar-refractivity contribution in [2.75, 3.05) is 6.61 Å². The van der Waals surface area contributed by atoms with Crippen molar-refractivity contribution in [3.05, 3.63) is 64.9 Å². The Hall–Kier alpha value is -1.95. The quantitative estimate of drug-likeness (QED) is 0.412. The van der Waals surface area contributed by atoms with Crippen molar-refractivity contribution in [1.82, 2.24) is 0 Å². The summed E-state index contributed by atoms with van der Waals surface area (Å²) in [5.41, 5.74) is 16.7. The number of allylic oxidation sites excluding steroid dienone is 1. The molecule has 0 amide bonds. The zero-order valence-electron chi connectivity index (χ0n) is 12.9. The molecule has 0 rings (SSSR count). The topological polar surface area (TPSA) is 58.6 Å². The maximum absolute atomic E-state index is 11.6. The van der Waals surface area contributed by atoms with E-state index in [1.807, 2.05) is 0 Å². The predicted octanol–water partition coefficient (Wildman–Crippen LogP) is 3.11. The van der Waals surface area contributed by atoms with Gasteiger partial charge >= 0.3 is 0 Å². The number of phosphoric acid groups is 1. The van der Waals surface area contributed by atoms with Crippen molar-refractivity contribution in [2.24, 2.45) is 0 Å². The highest BCUT2D eigenvalue weighted by molar-refractivity contribution is 7.45. The molecule has 0 aliphatic heterocycles. The van der Waals surface area contributed by atoms with E-state index < -0.39 is 13.9 Å². The Bertz CT molecular complexity index is 709.